The first-order chi connectivity index (χ1) is 11.8. The van der Waals surface area contributed by atoms with Crippen LogP contribution in [0.1, 0.15) is 37.7 Å². The molecule has 5 atom stereocenters. The van der Waals surface area contributed by atoms with Gasteiger partial charge in [0, 0.05) is 18.3 Å². The summed E-state index contributed by atoms with van der Waals surface area (Å²) in [5, 5.41) is 4.57. The first-order valence-electron chi connectivity index (χ1n) is 9.38. The summed E-state index contributed by atoms with van der Waals surface area (Å²) in [5.74, 6) is 1.91. The molecule has 1 aromatic carbocycles. The minimum atomic E-state index is -0.394. The van der Waals surface area contributed by atoms with Crippen LogP contribution in [-0.2, 0) is 14.3 Å². The van der Waals surface area contributed by atoms with Crippen molar-refractivity contribution in [2.75, 3.05) is 13.2 Å². The topological polar surface area (TPSA) is 40.0 Å². The Kier molecular flexibility index (Phi) is 2.66. The molecular weight excluding hydrogens is 302 g/mol. The third-order valence-electron chi connectivity index (χ3n) is 7.32. The summed E-state index contributed by atoms with van der Waals surface area (Å²) in [6.45, 7) is 1.45. The molecule has 4 saturated carbocycles. The molecule has 0 radical (unpaired) electrons. The molecule has 2 heterocycles. The van der Waals surface area contributed by atoms with Crippen LogP contribution in [0.2, 0.25) is 0 Å². The maximum atomic E-state index is 6.30. The zero-order chi connectivity index (χ0) is 15.8. The van der Waals surface area contributed by atoms with E-state index in [-0.39, 0.29) is 5.60 Å². The Morgan fingerprint density at radius 1 is 0.917 bits per heavy atom. The second-order valence-electron chi connectivity index (χ2n) is 8.30. The van der Waals surface area contributed by atoms with Crippen molar-refractivity contribution in [3.63, 3.8) is 0 Å². The van der Waals surface area contributed by atoms with Crippen molar-refractivity contribution >= 4 is 5.71 Å². The Morgan fingerprint density at radius 2 is 1.71 bits per heavy atom. The van der Waals surface area contributed by atoms with Gasteiger partial charge in [0.1, 0.15) is 0 Å². The van der Waals surface area contributed by atoms with Crippen molar-refractivity contribution in [3.05, 3.63) is 35.9 Å². The fraction of sp³-hybridized carbons (Fsp3) is 0.650. The number of rotatable bonds is 1. The van der Waals surface area contributed by atoms with Gasteiger partial charge in [-0.15, -0.1) is 0 Å². The smallest absolute Gasteiger partial charge is 0.178 e. The maximum absolute atomic E-state index is 6.30. The summed E-state index contributed by atoms with van der Waals surface area (Å²) in [7, 11) is 0. The lowest BCUT2D eigenvalue weighted by atomic mass is 9.46. The Labute approximate surface area is 142 Å². The van der Waals surface area contributed by atoms with Crippen molar-refractivity contribution in [3.8, 4) is 0 Å². The second-order valence-corrected chi connectivity index (χ2v) is 8.30. The van der Waals surface area contributed by atoms with E-state index >= 15 is 0 Å². The quantitative estimate of drug-likeness (QED) is 0.795. The van der Waals surface area contributed by atoms with Crippen molar-refractivity contribution < 1.29 is 14.3 Å². The van der Waals surface area contributed by atoms with Gasteiger partial charge in [0.05, 0.1) is 24.8 Å². The predicted octanol–water partition coefficient (Wildman–Crippen LogP) is 3.36. The highest BCUT2D eigenvalue weighted by Gasteiger charge is 2.72. The Bertz CT molecular complexity index is 696. The van der Waals surface area contributed by atoms with E-state index < -0.39 is 5.79 Å². The molecule has 1 saturated heterocycles. The summed E-state index contributed by atoms with van der Waals surface area (Å²) in [6, 6.07) is 10.5. The number of ether oxygens (including phenoxy) is 2. The Morgan fingerprint density at radius 3 is 2.54 bits per heavy atom. The van der Waals surface area contributed by atoms with E-state index in [2.05, 4.69) is 29.4 Å². The standard InChI is InChI=1S/C20H23NO3/c1-2-4-14(5-3-1)17-12-19(24-21-17)15-8-13-9-16(11-15)20(18(19)10-13)22-6-7-23-20/h1-5,13,15-16,18H,6-12H2/t13-,15+,16-,18+,19-/m1/s1. The molecule has 0 amide bonds. The van der Waals surface area contributed by atoms with Crippen molar-refractivity contribution in [2.24, 2.45) is 28.8 Å². The predicted molar refractivity (Wildman–Crippen MR) is 88.5 cm³/mol. The molecule has 7 rings (SSSR count). The van der Waals surface area contributed by atoms with Crippen LogP contribution in [0.15, 0.2) is 35.5 Å². The Balaban J connectivity index is 1.39. The summed E-state index contributed by atoms with van der Waals surface area (Å²) >= 11 is 0. The molecule has 0 N–H and O–H groups in total. The summed E-state index contributed by atoms with van der Waals surface area (Å²) in [5.41, 5.74) is 2.07. The van der Waals surface area contributed by atoms with Crippen molar-refractivity contribution in [1.82, 2.24) is 0 Å². The average molecular weight is 325 g/mol. The van der Waals surface area contributed by atoms with Crippen LogP contribution in [0.5, 0.6) is 0 Å². The fourth-order valence-electron chi connectivity index (χ4n) is 6.50. The summed E-state index contributed by atoms with van der Waals surface area (Å²) in [6.07, 6.45) is 5.81. The zero-order valence-electron chi connectivity index (χ0n) is 13.8. The first kappa shape index (κ1) is 13.9. The van der Waals surface area contributed by atoms with E-state index in [1.54, 1.807) is 0 Å². The van der Waals surface area contributed by atoms with Crippen LogP contribution in [0.4, 0.5) is 0 Å². The first-order valence-corrected chi connectivity index (χ1v) is 9.38. The lowest BCUT2D eigenvalue weighted by Crippen LogP contribution is -2.69. The van der Waals surface area contributed by atoms with Crippen LogP contribution in [-0.4, -0.2) is 30.3 Å². The van der Waals surface area contributed by atoms with E-state index in [0.29, 0.717) is 17.8 Å². The van der Waals surface area contributed by atoms with Crippen LogP contribution < -0.4 is 0 Å². The average Bonchev–Trinajstić information content (AvgIpc) is 3.27. The van der Waals surface area contributed by atoms with Crippen LogP contribution in [0, 0.1) is 23.7 Å². The minimum Gasteiger partial charge on any atom is -0.388 e. The molecule has 0 aromatic heterocycles. The zero-order valence-corrected chi connectivity index (χ0v) is 13.8. The number of benzene rings is 1. The molecule has 4 aliphatic carbocycles. The number of hydrogen-bond acceptors (Lipinski definition) is 4. The molecule has 4 heteroatoms. The SMILES string of the molecule is c1ccc(C2=NO[C@]3(C2)[C@H]2C[C@@H]4C[C@H](C2)C2(OCCO2)[C@H]3C4)cc1. The molecule has 4 bridgehead atoms. The van der Waals surface area contributed by atoms with E-state index in [0.717, 1.165) is 31.3 Å². The van der Waals surface area contributed by atoms with Gasteiger partial charge in [-0.25, -0.2) is 0 Å². The second kappa shape index (κ2) is 4.61. The van der Waals surface area contributed by atoms with E-state index in [4.69, 9.17) is 14.3 Å². The lowest BCUT2D eigenvalue weighted by Gasteiger charge is -2.64. The van der Waals surface area contributed by atoms with Gasteiger partial charge in [-0.1, -0.05) is 35.5 Å². The maximum Gasteiger partial charge on any atom is 0.178 e. The number of oxime groups is 1. The fourth-order valence-corrected chi connectivity index (χ4v) is 6.50. The van der Waals surface area contributed by atoms with E-state index in [1.165, 1.54) is 31.2 Å². The molecule has 126 valence electrons. The molecular formula is C20H23NO3. The molecule has 2 aliphatic heterocycles. The van der Waals surface area contributed by atoms with Gasteiger partial charge in [-0.05, 0) is 37.2 Å². The van der Waals surface area contributed by atoms with Crippen molar-refractivity contribution in [2.45, 2.75) is 43.5 Å². The van der Waals surface area contributed by atoms with Gasteiger partial charge in [-0.3, -0.25) is 0 Å². The molecule has 5 fully saturated rings. The lowest BCUT2D eigenvalue weighted by molar-refractivity contribution is -0.345. The molecule has 24 heavy (non-hydrogen) atoms. The largest absolute Gasteiger partial charge is 0.388 e. The van der Waals surface area contributed by atoms with E-state index in [9.17, 15) is 0 Å². The van der Waals surface area contributed by atoms with Gasteiger partial charge in [0.25, 0.3) is 0 Å². The number of nitrogens with zero attached hydrogens (tertiary/aromatic N) is 1. The highest BCUT2D eigenvalue weighted by molar-refractivity contribution is 6.01. The van der Waals surface area contributed by atoms with Gasteiger partial charge < -0.3 is 14.3 Å². The highest BCUT2D eigenvalue weighted by Crippen LogP contribution is 2.67. The normalized spacial score (nSPS) is 44.2. The Hall–Kier alpha value is -1.39. The monoisotopic (exact) mass is 325 g/mol. The summed E-state index contributed by atoms with van der Waals surface area (Å²) < 4.78 is 12.6. The molecule has 6 aliphatic rings. The van der Waals surface area contributed by atoms with Gasteiger partial charge in [0.15, 0.2) is 11.4 Å². The van der Waals surface area contributed by atoms with E-state index in [1.807, 2.05) is 6.07 Å². The van der Waals surface area contributed by atoms with Crippen LogP contribution in [0.3, 0.4) is 0 Å². The van der Waals surface area contributed by atoms with Crippen LogP contribution in [0.25, 0.3) is 0 Å². The third kappa shape index (κ3) is 1.59. The molecule has 0 unspecified atom stereocenters. The number of hydrogen-bond donors (Lipinski definition) is 0. The molecule has 4 nitrogen and oxygen atoms in total. The molecule has 1 aromatic rings. The van der Waals surface area contributed by atoms with Gasteiger partial charge >= 0.3 is 0 Å². The summed E-state index contributed by atoms with van der Waals surface area (Å²) in [4.78, 5) is 6.30. The highest BCUT2D eigenvalue weighted by atomic mass is 16.7. The van der Waals surface area contributed by atoms with Crippen molar-refractivity contribution in [1.29, 1.82) is 0 Å². The third-order valence-corrected chi connectivity index (χ3v) is 7.32. The minimum absolute atomic E-state index is 0.205. The van der Waals surface area contributed by atoms with Crippen LogP contribution >= 0.6 is 0 Å². The van der Waals surface area contributed by atoms with Gasteiger partial charge in [0.2, 0.25) is 0 Å². The molecule has 2 spiro atoms. The van der Waals surface area contributed by atoms with Gasteiger partial charge in [-0.2, -0.15) is 0 Å².